The van der Waals surface area contributed by atoms with Crippen LogP contribution in [0.4, 0.5) is 0 Å². The number of rotatable bonds is 6. The molecule has 138 valence electrons. The van der Waals surface area contributed by atoms with Crippen molar-refractivity contribution in [1.82, 2.24) is 19.7 Å². The van der Waals surface area contributed by atoms with E-state index in [1.54, 1.807) is 24.5 Å². The number of aromatic nitrogens is 4. The maximum atomic E-state index is 12.7. The van der Waals surface area contributed by atoms with Crippen molar-refractivity contribution < 1.29 is 9.53 Å². The molecule has 2 aromatic heterocycles. The van der Waals surface area contributed by atoms with Gasteiger partial charge in [0.1, 0.15) is 0 Å². The van der Waals surface area contributed by atoms with Crippen LogP contribution in [0.1, 0.15) is 52.1 Å². The van der Waals surface area contributed by atoms with Crippen LogP contribution in [0.5, 0.6) is 0 Å². The molecular formula is C21H22N4O2. The van der Waals surface area contributed by atoms with E-state index in [9.17, 15) is 4.79 Å². The van der Waals surface area contributed by atoms with Gasteiger partial charge in [0.15, 0.2) is 11.9 Å². The van der Waals surface area contributed by atoms with Gasteiger partial charge < -0.3 is 4.74 Å². The van der Waals surface area contributed by atoms with E-state index in [1.165, 1.54) is 0 Å². The molecule has 0 amide bonds. The third-order valence-electron chi connectivity index (χ3n) is 4.72. The lowest BCUT2D eigenvalue weighted by Gasteiger charge is -2.16. The number of carbonyl (C=O) groups is 1. The predicted octanol–water partition coefficient (Wildman–Crippen LogP) is 3.65. The Balaban J connectivity index is 1.51. The fourth-order valence-corrected chi connectivity index (χ4v) is 3.20. The van der Waals surface area contributed by atoms with Crippen LogP contribution in [0, 0.1) is 19.8 Å². The fraction of sp³-hybridized carbons (Fsp3) is 0.333. The molecule has 1 aliphatic rings. The van der Waals surface area contributed by atoms with Crippen molar-refractivity contribution in [2.45, 2.75) is 39.3 Å². The third kappa shape index (κ3) is 4.05. The van der Waals surface area contributed by atoms with E-state index in [1.807, 2.05) is 42.8 Å². The number of nitrogens with zero attached hydrogens (tertiary/aromatic N) is 4. The molecule has 4 rings (SSSR count). The first-order chi connectivity index (χ1) is 13.1. The lowest BCUT2D eigenvalue weighted by molar-refractivity contribution is 0.0218. The first-order valence-corrected chi connectivity index (χ1v) is 9.18. The molecule has 1 aromatic carbocycles. The fourth-order valence-electron chi connectivity index (χ4n) is 3.20. The minimum atomic E-state index is -0.377. The van der Waals surface area contributed by atoms with Crippen LogP contribution in [0.25, 0.3) is 0 Å². The molecule has 3 aromatic rings. The largest absolute Gasteiger partial charge is 0.450 e. The summed E-state index contributed by atoms with van der Waals surface area (Å²) in [6.07, 6.45) is 5.06. The minimum absolute atomic E-state index is 0.314. The number of carbonyl (C=O) groups excluding carboxylic acids is 1. The minimum Gasteiger partial charge on any atom is -0.450 e. The van der Waals surface area contributed by atoms with Crippen molar-refractivity contribution in [3.8, 4) is 0 Å². The monoisotopic (exact) mass is 362 g/mol. The normalized spacial score (nSPS) is 14.7. The molecule has 6 nitrogen and oxygen atoms in total. The Hall–Kier alpha value is -3.02. The summed E-state index contributed by atoms with van der Waals surface area (Å²) in [6, 6.07) is 11.3. The van der Waals surface area contributed by atoms with Crippen LogP contribution >= 0.6 is 0 Å². The zero-order valence-corrected chi connectivity index (χ0v) is 15.5. The Morgan fingerprint density at radius 3 is 2.63 bits per heavy atom. The summed E-state index contributed by atoms with van der Waals surface area (Å²) in [5, 5.41) is 4.48. The third-order valence-corrected chi connectivity index (χ3v) is 4.72. The van der Waals surface area contributed by atoms with Crippen molar-refractivity contribution >= 4 is 5.97 Å². The van der Waals surface area contributed by atoms with Gasteiger partial charge in [-0.15, -0.1) is 0 Å². The van der Waals surface area contributed by atoms with Gasteiger partial charge in [0.05, 0.1) is 17.8 Å². The number of hydrogen-bond acceptors (Lipinski definition) is 5. The van der Waals surface area contributed by atoms with Crippen molar-refractivity contribution in [3.63, 3.8) is 0 Å². The average molecular weight is 362 g/mol. The Labute approximate surface area is 158 Å². The second-order valence-electron chi connectivity index (χ2n) is 7.06. The molecule has 6 heteroatoms. The number of esters is 1. The molecule has 0 radical (unpaired) electrons. The molecular weight excluding hydrogens is 340 g/mol. The molecule has 1 fully saturated rings. The summed E-state index contributed by atoms with van der Waals surface area (Å²) in [4.78, 5) is 21.3. The molecule has 0 spiro atoms. The standard InChI is InChI=1S/C21H22N4O2/c1-14-11-15(2)25(24-14)13-16-5-3-6-18(12-16)21(26)27-19(17-7-8-17)20-22-9-4-10-23-20/h3-6,9-12,17,19H,7-8,13H2,1-2H3/t19-/m0/s1. The number of hydrogen-bond donors (Lipinski definition) is 0. The quantitative estimate of drug-likeness (QED) is 0.626. The van der Waals surface area contributed by atoms with E-state index in [-0.39, 0.29) is 12.1 Å². The van der Waals surface area contributed by atoms with Crippen LogP contribution in [-0.2, 0) is 11.3 Å². The molecule has 2 heterocycles. The van der Waals surface area contributed by atoms with Crippen molar-refractivity contribution in [1.29, 1.82) is 0 Å². The van der Waals surface area contributed by atoms with E-state index in [0.717, 1.165) is 29.8 Å². The lowest BCUT2D eigenvalue weighted by atomic mass is 10.1. The molecule has 0 N–H and O–H groups in total. The second kappa shape index (κ2) is 7.31. The van der Waals surface area contributed by atoms with Gasteiger partial charge in [-0.1, -0.05) is 12.1 Å². The number of aryl methyl sites for hydroxylation is 2. The van der Waals surface area contributed by atoms with Gasteiger partial charge in [-0.3, -0.25) is 4.68 Å². The van der Waals surface area contributed by atoms with Crippen molar-refractivity contribution in [2.24, 2.45) is 5.92 Å². The Kier molecular flexibility index (Phi) is 4.71. The summed E-state index contributed by atoms with van der Waals surface area (Å²) in [7, 11) is 0. The number of benzene rings is 1. The van der Waals surface area contributed by atoms with E-state index in [4.69, 9.17) is 4.74 Å². The summed E-state index contributed by atoms with van der Waals surface area (Å²) < 4.78 is 7.73. The first-order valence-electron chi connectivity index (χ1n) is 9.18. The lowest BCUT2D eigenvalue weighted by Crippen LogP contribution is -2.16. The molecule has 27 heavy (non-hydrogen) atoms. The Morgan fingerprint density at radius 2 is 1.96 bits per heavy atom. The van der Waals surface area contributed by atoms with E-state index >= 15 is 0 Å². The molecule has 0 saturated heterocycles. The second-order valence-corrected chi connectivity index (χ2v) is 7.06. The van der Waals surface area contributed by atoms with Crippen LogP contribution in [0.3, 0.4) is 0 Å². The highest BCUT2D eigenvalue weighted by Crippen LogP contribution is 2.42. The topological polar surface area (TPSA) is 69.9 Å². The van der Waals surface area contributed by atoms with Crippen molar-refractivity contribution in [2.75, 3.05) is 0 Å². The van der Waals surface area contributed by atoms with Crippen LogP contribution in [0.15, 0.2) is 48.8 Å². The maximum absolute atomic E-state index is 12.7. The van der Waals surface area contributed by atoms with E-state index in [2.05, 4.69) is 15.1 Å². The van der Waals surface area contributed by atoms with Gasteiger partial charge in [0.25, 0.3) is 0 Å². The Bertz CT molecular complexity index is 948. The molecule has 1 aliphatic carbocycles. The molecule has 0 unspecified atom stereocenters. The zero-order chi connectivity index (χ0) is 18.8. The van der Waals surface area contributed by atoms with Gasteiger partial charge in [-0.2, -0.15) is 5.10 Å². The van der Waals surface area contributed by atoms with E-state index in [0.29, 0.717) is 23.9 Å². The summed E-state index contributed by atoms with van der Waals surface area (Å²) >= 11 is 0. The SMILES string of the molecule is Cc1cc(C)n(Cc2cccc(C(=O)O[C@H](c3ncccn3)C3CC3)c2)n1. The van der Waals surface area contributed by atoms with Crippen LogP contribution < -0.4 is 0 Å². The van der Waals surface area contributed by atoms with Gasteiger partial charge in [-0.25, -0.2) is 14.8 Å². The summed E-state index contributed by atoms with van der Waals surface area (Å²) in [5.74, 6) is 0.552. The highest BCUT2D eigenvalue weighted by Gasteiger charge is 2.37. The maximum Gasteiger partial charge on any atom is 0.338 e. The highest BCUT2D eigenvalue weighted by atomic mass is 16.5. The van der Waals surface area contributed by atoms with Gasteiger partial charge in [0.2, 0.25) is 0 Å². The predicted molar refractivity (Wildman–Crippen MR) is 100 cm³/mol. The van der Waals surface area contributed by atoms with Gasteiger partial charge in [0, 0.05) is 24.0 Å². The smallest absolute Gasteiger partial charge is 0.338 e. The first kappa shape index (κ1) is 17.4. The van der Waals surface area contributed by atoms with Crippen LogP contribution in [0.2, 0.25) is 0 Å². The van der Waals surface area contributed by atoms with Crippen LogP contribution in [-0.4, -0.2) is 25.7 Å². The average Bonchev–Trinajstić information content (AvgIpc) is 3.46. The molecule has 0 bridgehead atoms. The molecule has 1 saturated carbocycles. The Morgan fingerprint density at radius 1 is 1.19 bits per heavy atom. The number of ether oxygens (including phenoxy) is 1. The highest BCUT2D eigenvalue weighted by molar-refractivity contribution is 5.89. The van der Waals surface area contributed by atoms with Gasteiger partial charge in [-0.05, 0) is 56.5 Å². The van der Waals surface area contributed by atoms with Crippen molar-refractivity contribution in [3.05, 3.63) is 77.1 Å². The molecule has 0 aliphatic heterocycles. The summed E-state index contributed by atoms with van der Waals surface area (Å²) in [5.41, 5.74) is 3.62. The zero-order valence-electron chi connectivity index (χ0n) is 15.5. The summed E-state index contributed by atoms with van der Waals surface area (Å²) in [6.45, 7) is 4.62. The van der Waals surface area contributed by atoms with Gasteiger partial charge >= 0.3 is 5.97 Å². The molecule has 1 atom stereocenters. The van der Waals surface area contributed by atoms with E-state index < -0.39 is 0 Å².